The van der Waals surface area contributed by atoms with Gasteiger partial charge in [-0.1, -0.05) is 18.2 Å². The molecule has 0 aromatic heterocycles. The van der Waals surface area contributed by atoms with Crippen LogP contribution < -0.4 is 5.73 Å². The van der Waals surface area contributed by atoms with E-state index in [1.165, 1.54) is 0 Å². The maximum absolute atomic E-state index is 8.80. The summed E-state index contributed by atoms with van der Waals surface area (Å²) in [6, 6.07) is 9.92. The van der Waals surface area contributed by atoms with Crippen LogP contribution in [0.3, 0.4) is 0 Å². The summed E-state index contributed by atoms with van der Waals surface area (Å²) in [6.07, 6.45) is 3.05. The van der Waals surface area contributed by atoms with E-state index in [9.17, 15) is 0 Å². The first-order chi connectivity index (χ1) is 6.38. The van der Waals surface area contributed by atoms with E-state index in [2.05, 4.69) is 6.07 Å². The number of aryl methyl sites for hydroxylation is 1. The van der Waals surface area contributed by atoms with Crippen molar-refractivity contribution >= 4 is 0 Å². The predicted molar refractivity (Wildman–Crippen MR) is 53.1 cm³/mol. The Labute approximate surface area is 79.0 Å². The predicted octanol–water partition coefficient (Wildman–Crippen LogP) is 1.84. The number of unbranched alkanes of at least 4 members (excludes halogenated alkanes) is 1. The Balaban J connectivity index is 2.60. The third kappa shape index (κ3) is 2.89. The highest BCUT2D eigenvalue weighted by Gasteiger charge is 1.98. The van der Waals surface area contributed by atoms with Gasteiger partial charge in [-0.3, -0.25) is 0 Å². The van der Waals surface area contributed by atoms with Gasteiger partial charge in [0.05, 0.1) is 11.6 Å². The molecule has 0 aliphatic rings. The zero-order chi connectivity index (χ0) is 9.52. The molecular weight excluding hydrogens is 160 g/mol. The van der Waals surface area contributed by atoms with Crippen LogP contribution in [0.15, 0.2) is 24.3 Å². The minimum absolute atomic E-state index is 0.731. The van der Waals surface area contributed by atoms with Gasteiger partial charge in [-0.25, -0.2) is 0 Å². The molecule has 1 aromatic carbocycles. The Morgan fingerprint density at radius 3 is 2.69 bits per heavy atom. The van der Waals surface area contributed by atoms with Gasteiger partial charge in [0.25, 0.3) is 0 Å². The van der Waals surface area contributed by atoms with Crippen LogP contribution >= 0.6 is 0 Å². The number of nitriles is 1. The Hall–Kier alpha value is -1.33. The van der Waals surface area contributed by atoms with Crippen molar-refractivity contribution in [3.05, 3.63) is 35.4 Å². The molecule has 1 rings (SSSR count). The molecule has 0 spiro atoms. The average Bonchev–Trinajstić information content (AvgIpc) is 2.19. The number of hydrogen-bond donors (Lipinski definition) is 1. The van der Waals surface area contributed by atoms with Gasteiger partial charge in [-0.15, -0.1) is 0 Å². The summed E-state index contributed by atoms with van der Waals surface area (Å²) in [4.78, 5) is 0. The summed E-state index contributed by atoms with van der Waals surface area (Å²) in [7, 11) is 0. The van der Waals surface area contributed by atoms with Crippen LogP contribution in [0.2, 0.25) is 0 Å². The number of nitrogens with two attached hydrogens (primary N) is 1. The molecule has 1 aromatic rings. The monoisotopic (exact) mass is 174 g/mol. The molecule has 0 aliphatic heterocycles. The van der Waals surface area contributed by atoms with Crippen molar-refractivity contribution < 1.29 is 0 Å². The fourth-order valence-electron chi connectivity index (χ4n) is 1.31. The van der Waals surface area contributed by atoms with Crippen LogP contribution in [0.4, 0.5) is 0 Å². The van der Waals surface area contributed by atoms with Crippen LogP contribution in [-0.4, -0.2) is 6.54 Å². The van der Waals surface area contributed by atoms with Crippen molar-refractivity contribution in [3.63, 3.8) is 0 Å². The van der Waals surface area contributed by atoms with Gasteiger partial charge in [0.1, 0.15) is 0 Å². The first kappa shape index (κ1) is 9.76. The van der Waals surface area contributed by atoms with Gasteiger partial charge < -0.3 is 5.73 Å². The van der Waals surface area contributed by atoms with Crippen molar-refractivity contribution in [2.45, 2.75) is 19.3 Å². The SMILES string of the molecule is N#Cc1ccccc1CCCCN. The number of nitrogens with zero attached hydrogens (tertiary/aromatic N) is 1. The third-order valence-corrected chi connectivity index (χ3v) is 2.04. The molecule has 0 unspecified atom stereocenters. The van der Waals surface area contributed by atoms with E-state index in [-0.39, 0.29) is 0 Å². The molecule has 0 aliphatic carbocycles. The van der Waals surface area contributed by atoms with Crippen LogP contribution in [0.5, 0.6) is 0 Å². The molecule has 0 radical (unpaired) electrons. The van der Waals surface area contributed by atoms with Gasteiger partial charge in [-0.05, 0) is 37.4 Å². The summed E-state index contributed by atoms with van der Waals surface area (Å²) < 4.78 is 0. The quantitative estimate of drug-likeness (QED) is 0.708. The Morgan fingerprint density at radius 1 is 1.23 bits per heavy atom. The standard InChI is InChI=1S/C11H14N2/c12-8-4-3-6-10-5-1-2-7-11(10)9-13/h1-2,5,7H,3-4,6,8,12H2. The van der Waals surface area contributed by atoms with E-state index in [1.807, 2.05) is 24.3 Å². The van der Waals surface area contributed by atoms with Gasteiger partial charge >= 0.3 is 0 Å². The second-order valence-corrected chi connectivity index (χ2v) is 3.01. The molecular formula is C11H14N2. The maximum atomic E-state index is 8.80. The highest BCUT2D eigenvalue weighted by molar-refractivity contribution is 5.37. The van der Waals surface area contributed by atoms with Crippen molar-refractivity contribution in [3.8, 4) is 6.07 Å². The van der Waals surface area contributed by atoms with Gasteiger partial charge in [0, 0.05) is 0 Å². The Morgan fingerprint density at radius 2 is 2.00 bits per heavy atom. The minimum atomic E-state index is 0.731. The summed E-state index contributed by atoms with van der Waals surface area (Å²) in [5.74, 6) is 0. The van der Waals surface area contributed by atoms with Crippen molar-refractivity contribution in [1.29, 1.82) is 5.26 Å². The Kier molecular flexibility index (Phi) is 4.01. The van der Waals surface area contributed by atoms with E-state index >= 15 is 0 Å². The molecule has 0 fully saturated rings. The molecule has 2 nitrogen and oxygen atoms in total. The fourth-order valence-corrected chi connectivity index (χ4v) is 1.31. The molecule has 0 saturated heterocycles. The van der Waals surface area contributed by atoms with Gasteiger partial charge in [0.15, 0.2) is 0 Å². The number of hydrogen-bond acceptors (Lipinski definition) is 2. The minimum Gasteiger partial charge on any atom is -0.330 e. The third-order valence-electron chi connectivity index (χ3n) is 2.04. The molecule has 0 heterocycles. The fraction of sp³-hybridized carbons (Fsp3) is 0.364. The largest absolute Gasteiger partial charge is 0.330 e. The molecule has 0 atom stereocenters. The van der Waals surface area contributed by atoms with Crippen molar-refractivity contribution in [2.75, 3.05) is 6.54 Å². The van der Waals surface area contributed by atoms with Crippen LogP contribution in [-0.2, 0) is 6.42 Å². The van der Waals surface area contributed by atoms with Crippen molar-refractivity contribution in [2.24, 2.45) is 5.73 Å². The lowest BCUT2D eigenvalue weighted by atomic mass is 10.0. The molecule has 0 bridgehead atoms. The van der Waals surface area contributed by atoms with Crippen molar-refractivity contribution in [1.82, 2.24) is 0 Å². The summed E-state index contributed by atoms with van der Waals surface area (Å²) in [6.45, 7) is 0.731. The van der Waals surface area contributed by atoms with Crippen LogP contribution in [0.1, 0.15) is 24.0 Å². The van der Waals surface area contributed by atoms with Crippen LogP contribution in [0.25, 0.3) is 0 Å². The second-order valence-electron chi connectivity index (χ2n) is 3.01. The lowest BCUT2D eigenvalue weighted by Gasteiger charge is -2.01. The molecule has 2 heteroatoms. The van der Waals surface area contributed by atoms with Gasteiger partial charge in [-0.2, -0.15) is 5.26 Å². The second kappa shape index (κ2) is 5.34. The van der Waals surface area contributed by atoms with E-state index in [4.69, 9.17) is 11.0 Å². The molecule has 0 amide bonds. The molecule has 0 saturated carbocycles. The van der Waals surface area contributed by atoms with E-state index in [1.54, 1.807) is 0 Å². The van der Waals surface area contributed by atoms with E-state index in [0.29, 0.717) is 0 Å². The zero-order valence-corrected chi connectivity index (χ0v) is 7.66. The van der Waals surface area contributed by atoms with E-state index in [0.717, 1.165) is 36.9 Å². The highest BCUT2D eigenvalue weighted by Crippen LogP contribution is 2.10. The lowest BCUT2D eigenvalue weighted by molar-refractivity contribution is 0.744. The van der Waals surface area contributed by atoms with Gasteiger partial charge in [0.2, 0.25) is 0 Å². The average molecular weight is 174 g/mol. The maximum Gasteiger partial charge on any atom is 0.0994 e. The number of benzene rings is 1. The molecule has 2 N–H and O–H groups in total. The highest BCUT2D eigenvalue weighted by atomic mass is 14.5. The summed E-state index contributed by atoms with van der Waals surface area (Å²) in [5.41, 5.74) is 7.33. The normalized spacial score (nSPS) is 9.54. The first-order valence-electron chi connectivity index (χ1n) is 4.56. The topological polar surface area (TPSA) is 49.8 Å². The smallest absolute Gasteiger partial charge is 0.0994 e. The lowest BCUT2D eigenvalue weighted by Crippen LogP contribution is -1.99. The molecule has 68 valence electrons. The van der Waals surface area contributed by atoms with Crippen LogP contribution in [0, 0.1) is 11.3 Å². The molecule has 13 heavy (non-hydrogen) atoms. The summed E-state index contributed by atoms with van der Waals surface area (Å²) >= 11 is 0. The Bertz CT molecular complexity index is 299. The summed E-state index contributed by atoms with van der Waals surface area (Å²) in [5, 5.41) is 8.80. The zero-order valence-electron chi connectivity index (χ0n) is 7.66. The number of rotatable bonds is 4. The van der Waals surface area contributed by atoms with E-state index < -0.39 is 0 Å². The first-order valence-corrected chi connectivity index (χ1v) is 4.56.